The van der Waals surface area contributed by atoms with Crippen LogP contribution in [0.4, 0.5) is 0 Å². The maximum absolute atomic E-state index is 11.8. The summed E-state index contributed by atoms with van der Waals surface area (Å²) in [5.74, 6) is 0.146. The van der Waals surface area contributed by atoms with Crippen LogP contribution < -0.4 is 0 Å². The van der Waals surface area contributed by atoms with E-state index in [0.29, 0.717) is 26.1 Å². The van der Waals surface area contributed by atoms with Gasteiger partial charge in [0.2, 0.25) is 0 Å². The summed E-state index contributed by atoms with van der Waals surface area (Å²) in [6.07, 6.45) is 2.25. The third kappa shape index (κ3) is 6.74. The van der Waals surface area contributed by atoms with Crippen molar-refractivity contribution in [3.63, 3.8) is 0 Å². The van der Waals surface area contributed by atoms with Crippen LogP contribution in [0.25, 0.3) is 0 Å². The molecule has 0 spiro atoms. The largest absolute Gasteiger partial charge is 0.428 e. The monoisotopic (exact) mass is 322 g/mol. The fourth-order valence-corrected chi connectivity index (χ4v) is 1.56. The number of Topliss-reactive ketones (excluding diaryl/α,β-unsaturated/α-hetero) is 1. The molecule has 1 aromatic rings. The number of hydrogen-bond acceptors (Lipinski definition) is 3. The Bertz CT molecular complexity index is 330. The first-order valence-corrected chi connectivity index (χ1v) is 5.80. The van der Waals surface area contributed by atoms with Crippen molar-refractivity contribution in [3.8, 4) is 0 Å². The molecule has 18 heavy (non-hydrogen) atoms. The van der Waals surface area contributed by atoms with E-state index < -0.39 is 0 Å². The first-order chi connectivity index (χ1) is 8.27. The van der Waals surface area contributed by atoms with E-state index >= 15 is 0 Å². The number of hydrogen-bond donors (Lipinski definition) is 1. The Morgan fingerprint density at radius 3 is 2.56 bits per heavy atom. The van der Waals surface area contributed by atoms with Crippen molar-refractivity contribution >= 4 is 5.78 Å². The number of carbonyl (C=O) groups excluding carboxylic acids is 1. The van der Waals surface area contributed by atoms with Gasteiger partial charge in [-0.1, -0.05) is 36.9 Å². The molecule has 0 aromatic heterocycles. The zero-order valence-electron chi connectivity index (χ0n) is 10.6. The second kappa shape index (κ2) is 10.8. The van der Waals surface area contributed by atoms with Gasteiger partial charge in [-0.25, -0.2) is 0 Å². The zero-order valence-corrected chi connectivity index (χ0v) is 13.4. The van der Waals surface area contributed by atoms with Gasteiger partial charge in [-0.05, 0) is 6.54 Å². The van der Waals surface area contributed by atoms with Crippen molar-refractivity contribution < 1.29 is 42.6 Å². The Morgan fingerprint density at radius 2 is 2.00 bits per heavy atom. The van der Waals surface area contributed by atoms with E-state index in [-0.39, 0.29) is 45.1 Å². The van der Waals surface area contributed by atoms with Crippen LogP contribution in [0.3, 0.4) is 0 Å². The maximum Gasteiger partial charge on any atom is 0.164 e. The molecule has 97 valence electrons. The second-order valence-corrected chi connectivity index (χ2v) is 3.81. The van der Waals surface area contributed by atoms with E-state index in [0.717, 1.165) is 5.56 Å². The first kappa shape index (κ1) is 17.9. The topological polar surface area (TPSA) is 40.5 Å². The van der Waals surface area contributed by atoms with E-state index in [2.05, 4.69) is 6.92 Å². The van der Waals surface area contributed by atoms with Crippen molar-refractivity contribution in [1.82, 2.24) is 4.90 Å². The smallest absolute Gasteiger partial charge is 0.164 e. The van der Waals surface area contributed by atoms with Gasteiger partial charge >= 0.3 is 0 Å². The summed E-state index contributed by atoms with van der Waals surface area (Å²) in [5, 5.41) is 8.70. The van der Waals surface area contributed by atoms with Crippen molar-refractivity contribution in [3.05, 3.63) is 49.2 Å². The number of aliphatic hydroxyl groups excluding tert-OH is 1. The molecule has 1 N–H and O–H groups in total. The Kier molecular flexibility index (Phi) is 10.7. The molecule has 0 saturated heterocycles. The van der Waals surface area contributed by atoms with E-state index in [1.54, 1.807) is 6.42 Å². The SMILES string of the molecule is [CH2-]CN(C[CH-]CO)CCC(=O)c1ccccc1.[Y]. The summed E-state index contributed by atoms with van der Waals surface area (Å²) >= 11 is 0. The number of rotatable bonds is 8. The van der Waals surface area contributed by atoms with E-state index in [4.69, 9.17) is 5.11 Å². The Hall–Kier alpha value is -0.0861. The molecule has 0 amide bonds. The van der Waals surface area contributed by atoms with Gasteiger partial charge in [0.1, 0.15) is 0 Å². The molecular weight excluding hydrogens is 303 g/mol. The molecule has 0 aliphatic carbocycles. The van der Waals surface area contributed by atoms with Gasteiger partial charge in [-0.15, -0.1) is 13.1 Å². The quantitative estimate of drug-likeness (QED) is 0.584. The molecule has 1 radical (unpaired) electrons. The minimum atomic E-state index is 0. The summed E-state index contributed by atoms with van der Waals surface area (Å²) in [6, 6.07) is 9.29. The van der Waals surface area contributed by atoms with Crippen molar-refractivity contribution in [1.29, 1.82) is 0 Å². The van der Waals surface area contributed by atoms with Gasteiger partial charge < -0.3 is 16.9 Å². The fraction of sp³-hybridized carbons (Fsp3) is 0.357. The number of nitrogens with zero attached hydrogens (tertiary/aromatic N) is 1. The minimum Gasteiger partial charge on any atom is -0.428 e. The molecule has 0 heterocycles. The normalized spacial score (nSPS) is 10.2. The fourth-order valence-electron chi connectivity index (χ4n) is 1.56. The van der Waals surface area contributed by atoms with Gasteiger partial charge in [0, 0.05) is 44.7 Å². The number of aliphatic hydroxyl groups is 1. The molecule has 0 saturated carbocycles. The molecule has 1 rings (SSSR count). The van der Waals surface area contributed by atoms with Crippen LogP contribution in [0.15, 0.2) is 30.3 Å². The van der Waals surface area contributed by atoms with Crippen LogP contribution in [-0.4, -0.2) is 42.0 Å². The predicted octanol–water partition coefficient (Wildman–Crippen LogP) is 1.59. The predicted molar refractivity (Wildman–Crippen MR) is 68.6 cm³/mol. The van der Waals surface area contributed by atoms with Crippen LogP contribution in [0.1, 0.15) is 16.8 Å². The van der Waals surface area contributed by atoms with E-state index in [1.807, 2.05) is 35.2 Å². The summed E-state index contributed by atoms with van der Waals surface area (Å²) < 4.78 is 0. The molecule has 0 aliphatic rings. The van der Waals surface area contributed by atoms with Gasteiger partial charge in [0.15, 0.2) is 5.78 Å². The molecule has 0 bridgehead atoms. The van der Waals surface area contributed by atoms with Crippen LogP contribution >= 0.6 is 0 Å². The van der Waals surface area contributed by atoms with Crippen LogP contribution in [0.2, 0.25) is 0 Å². The van der Waals surface area contributed by atoms with Gasteiger partial charge in [0.25, 0.3) is 0 Å². The van der Waals surface area contributed by atoms with Crippen molar-refractivity contribution in [2.24, 2.45) is 0 Å². The third-order valence-corrected chi connectivity index (χ3v) is 2.58. The third-order valence-electron chi connectivity index (χ3n) is 2.58. The second-order valence-electron chi connectivity index (χ2n) is 3.81. The molecule has 1 aromatic carbocycles. The van der Waals surface area contributed by atoms with Crippen LogP contribution in [0, 0.1) is 13.3 Å². The van der Waals surface area contributed by atoms with Gasteiger partial charge in [-0.2, -0.15) is 0 Å². The van der Waals surface area contributed by atoms with E-state index in [9.17, 15) is 4.79 Å². The standard InChI is InChI=1S/C14H19NO2.Y/c1-2-15(10-6-12-16)11-9-14(17)13-7-4-3-5-8-13;/h3-8,16H,1-2,9-12H2;/q-2;. The average Bonchev–Trinajstić information content (AvgIpc) is 2.39. The van der Waals surface area contributed by atoms with E-state index in [1.165, 1.54) is 0 Å². The summed E-state index contributed by atoms with van der Waals surface area (Å²) in [5.41, 5.74) is 0.752. The van der Waals surface area contributed by atoms with Crippen LogP contribution in [0.5, 0.6) is 0 Å². The number of benzene rings is 1. The molecule has 4 heteroatoms. The summed E-state index contributed by atoms with van der Waals surface area (Å²) in [4.78, 5) is 13.9. The Morgan fingerprint density at radius 1 is 1.33 bits per heavy atom. The molecule has 0 fully saturated rings. The summed E-state index contributed by atoms with van der Waals surface area (Å²) in [7, 11) is 0. The zero-order chi connectivity index (χ0) is 12.5. The minimum absolute atomic E-state index is 0. The molecule has 3 nitrogen and oxygen atoms in total. The van der Waals surface area contributed by atoms with Gasteiger partial charge in [-0.3, -0.25) is 11.2 Å². The molecule has 0 atom stereocenters. The Labute approximate surface area is 134 Å². The van der Waals surface area contributed by atoms with Crippen molar-refractivity contribution in [2.45, 2.75) is 6.42 Å². The molecule has 0 aliphatic heterocycles. The molecule has 0 unspecified atom stereocenters. The number of carbonyl (C=O) groups is 1. The Balaban J connectivity index is 0.00000289. The average molecular weight is 322 g/mol. The van der Waals surface area contributed by atoms with Crippen LogP contribution in [-0.2, 0) is 32.7 Å². The van der Waals surface area contributed by atoms with Gasteiger partial charge in [0.05, 0.1) is 0 Å². The number of ketones is 1. The first-order valence-electron chi connectivity index (χ1n) is 5.80. The van der Waals surface area contributed by atoms with Crippen molar-refractivity contribution in [2.75, 3.05) is 26.2 Å². The summed E-state index contributed by atoms with van der Waals surface area (Å²) in [6.45, 7) is 5.84. The maximum atomic E-state index is 11.8. The molecular formula is C14H19NO2Y-2.